The van der Waals surface area contributed by atoms with Crippen LogP contribution in [-0.2, 0) is 4.74 Å². The van der Waals surface area contributed by atoms with Crippen LogP contribution in [0.15, 0.2) is 0 Å². The van der Waals surface area contributed by atoms with Crippen molar-refractivity contribution in [2.24, 2.45) is 0 Å². The Morgan fingerprint density at radius 2 is 2.00 bits per heavy atom. The number of rotatable bonds is 4. The average Bonchev–Trinajstić information content (AvgIpc) is 1.98. The first kappa shape index (κ1) is 10.4. The van der Waals surface area contributed by atoms with Gasteiger partial charge in [0, 0.05) is 20.7 Å². The Morgan fingerprint density at radius 3 is 2.27 bits per heavy atom. The first-order valence-corrected chi connectivity index (χ1v) is 4.00. The molecule has 0 aliphatic rings. The topological polar surface area (TPSA) is 36.3 Å². The molecule has 3 heteroatoms. The zero-order valence-corrected chi connectivity index (χ0v) is 7.85. The predicted molar refractivity (Wildman–Crippen MR) is 47.1 cm³/mol. The van der Waals surface area contributed by atoms with Crippen LogP contribution in [0.3, 0.4) is 0 Å². The van der Waals surface area contributed by atoms with Gasteiger partial charge in [0.2, 0.25) is 0 Å². The summed E-state index contributed by atoms with van der Waals surface area (Å²) in [5, 5.41) is 7.60. The van der Waals surface area contributed by atoms with Gasteiger partial charge in [-0.1, -0.05) is 6.92 Å². The Kier molecular flexibility index (Phi) is 4.86. The molecule has 0 aromatic rings. The lowest BCUT2D eigenvalue weighted by atomic mass is 10.2. The van der Waals surface area contributed by atoms with Gasteiger partial charge in [-0.25, -0.2) is 0 Å². The Morgan fingerprint density at radius 1 is 1.45 bits per heavy atom. The molecule has 0 aliphatic carbocycles. The van der Waals surface area contributed by atoms with E-state index in [1.54, 1.807) is 4.90 Å². The van der Waals surface area contributed by atoms with E-state index in [4.69, 9.17) is 10.1 Å². The van der Waals surface area contributed by atoms with Crippen LogP contribution in [-0.4, -0.2) is 37.5 Å². The highest BCUT2D eigenvalue weighted by Gasteiger charge is 2.13. The highest BCUT2D eigenvalue weighted by molar-refractivity contribution is 5.83. The van der Waals surface area contributed by atoms with Crippen molar-refractivity contribution < 1.29 is 4.74 Å². The standard InChI is InChI=1S/C8H18N2O/c1-5-7(11-6-2)8(9)10(3)4/h7,9H,5-6H2,1-4H3. The van der Waals surface area contributed by atoms with E-state index in [2.05, 4.69) is 0 Å². The van der Waals surface area contributed by atoms with Gasteiger partial charge in [0.1, 0.15) is 11.9 Å². The molecular formula is C8H18N2O. The summed E-state index contributed by atoms with van der Waals surface area (Å²) in [5.74, 6) is 0.550. The largest absolute Gasteiger partial charge is 0.371 e. The van der Waals surface area contributed by atoms with Gasteiger partial charge in [-0.3, -0.25) is 5.41 Å². The lowest BCUT2D eigenvalue weighted by Crippen LogP contribution is -2.34. The summed E-state index contributed by atoms with van der Waals surface area (Å²) in [6.07, 6.45) is 0.834. The Bertz CT molecular complexity index is 123. The molecule has 0 amide bonds. The molecule has 3 nitrogen and oxygen atoms in total. The third kappa shape index (κ3) is 3.37. The molecule has 0 radical (unpaired) electrons. The van der Waals surface area contributed by atoms with Gasteiger partial charge in [-0.15, -0.1) is 0 Å². The minimum atomic E-state index is -0.0324. The SMILES string of the molecule is CCOC(CC)C(=N)N(C)C. The third-order valence-corrected chi connectivity index (χ3v) is 1.53. The van der Waals surface area contributed by atoms with Crippen LogP contribution in [0, 0.1) is 5.41 Å². The summed E-state index contributed by atoms with van der Waals surface area (Å²) in [6.45, 7) is 4.65. The molecule has 0 rings (SSSR count). The van der Waals surface area contributed by atoms with E-state index < -0.39 is 0 Å². The molecule has 0 aliphatic heterocycles. The number of hydrogen-bond acceptors (Lipinski definition) is 2. The van der Waals surface area contributed by atoms with E-state index in [0.29, 0.717) is 12.4 Å². The molecule has 0 bridgehead atoms. The van der Waals surface area contributed by atoms with E-state index in [1.807, 2.05) is 27.9 Å². The van der Waals surface area contributed by atoms with Gasteiger partial charge in [0.25, 0.3) is 0 Å². The normalized spacial score (nSPS) is 12.7. The zero-order chi connectivity index (χ0) is 8.85. The average molecular weight is 158 g/mol. The Hall–Kier alpha value is -0.570. The minimum Gasteiger partial charge on any atom is -0.371 e. The summed E-state index contributed by atoms with van der Waals surface area (Å²) in [5.41, 5.74) is 0. The number of likely N-dealkylation sites (N-methyl/N-ethyl adjacent to an activating group) is 1. The van der Waals surface area contributed by atoms with Crippen LogP contribution >= 0.6 is 0 Å². The minimum absolute atomic E-state index is 0.0324. The monoisotopic (exact) mass is 158 g/mol. The molecule has 66 valence electrons. The van der Waals surface area contributed by atoms with E-state index in [0.717, 1.165) is 6.42 Å². The first-order chi connectivity index (χ1) is 5.13. The highest BCUT2D eigenvalue weighted by atomic mass is 16.5. The second-order valence-corrected chi connectivity index (χ2v) is 2.63. The second-order valence-electron chi connectivity index (χ2n) is 2.63. The first-order valence-electron chi connectivity index (χ1n) is 4.00. The molecule has 11 heavy (non-hydrogen) atoms. The fourth-order valence-corrected chi connectivity index (χ4v) is 0.879. The van der Waals surface area contributed by atoms with Crippen LogP contribution < -0.4 is 0 Å². The van der Waals surface area contributed by atoms with Crippen molar-refractivity contribution in [2.45, 2.75) is 26.4 Å². The van der Waals surface area contributed by atoms with Crippen molar-refractivity contribution in [1.29, 1.82) is 5.41 Å². The van der Waals surface area contributed by atoms with Crippen molar-refractivity contribution in [1.82, 2.24) is 4.90 Å². The number of ether oxygens (including phenoxy) is 1. The van der Waals surface area contributed by atoms with Crippen LogP contribution in [0.5, 0.6) is 0 Å². The Labute approximate surface area is 68.9 Å². The van der Waals surface area contributed by atoms with Crippen molar-refractivity contribution >= 4 is 5.84 Å². The van der Waals surface area contributed by atoms with Crippen molar-refractivity contribution in [3.8, 4) is 0 Å². The van der Waals surface area contributed by atoms with Gasteiger partial charge in [0.05, 0.1) is 0 Å². The molecule has 1 atom stereocenters. The van der Waals surface area contributed by atoms with Crippen LogP contribution in [0.1, 0.15) is 20.3 Å². The second kappa shape index (κ2) is 5.13. The van der Waals surface area contributed by atoms with Gasteiger partial charge < -0.3 is 9.64 Å². The maximum absolute atomic E-state index is 7.60. The number of nitrogens with one attached hydrogen (secondary N) is 1. The summed E-state index contributed by atoms with van der Waals surface area (Å²) < 4.78 is 5.35. The maximum Gasteiger partial charge on any atom is 0.125 e. The fourth-order valence-electron chi connectivity index (χ4n) is 0.879. The molecular weight excluding hydrogens is 140 g/mol. The highest BCUT2D eigenvalue weighted by Crippen LogP contribution is 2.01. The summed E-state index contributed by atoms with van der Waals surface area (Å²) in [4.78, 5) is 1.78. The molecule has 0 heterocycles. The van der Waals surface area contributed by atoms with Gasteiger partial charge in [0.15, 0.2) is 0 Å². The van der Waals surface area contributed by atoms with E-state index in [1.165, 1.54) is 0 Å². The summed E-state index contributed by atoms with van der Waals surface area (Å²) in [6, 6.07) is 0. The van der Waals surface area contributed by atoms with Gasteiger partial charge in [-0.05, 0) is 13.3 Å². The molecule has 0 saturated carbocycles. The lowest BCUT2D eigenvalue weighted by Gasteiger charge is -2.21. The van der Waals surface area contributed by atoms with Crippen molar-refractivity contribution in [2.75, 3.05) is 20.7 Å². The molecule has 0 fully saturated rings. The van der Waals surface area contributed by atoms with Crippen molar-refractivity contribution in [3.63, 3.8) is 0 Å². The number of amidine groups is 1. The number of hydrogen-bond donors (Lipinski definition) is 1. The van der Waals surface area contributed by atoms with E-state index in [-0.39, 0.29) is 6.10 Å². The Balaban J connectivity index is 3.92. The summed E-state index contributed by atoms with van der Waals surface area (Å²) in [7, 11) is 3.73. The molecule has 0 aromatic heterocycles. The predicted octanol–water partition coefficient (Wildman–Crippen LogP) is 1.34. The zero-order valence-electron chi connectivity index (χ0n) is 7.85. The van der Waals surface area contributed by atoms with Crippen molar-refractivity contribution in [3.05, 3.63) is 0 Å². The van der Waals surface area contributed by atoms with Gasteiger partial charge in [-0.2, -0.15) is 0 Å². The third-order valence-electron chi connectivity index (χ3n) is 1.53. The fraction of sp³-hybridized carbons (Fsp3) is 0.875. The van der Waals surface area contributed by atoms with E-state index in [9.17, 15) is 0 Å². The lowest BCUT2D eigenvalue weighted by molar-refractivity contribution is 0.0990. The smallest absolute Gasteiger partial charge is 0.125 e. The molecule has 0 saturated heterocycles. The van der Waals surface area contributed by atoms with Crippen LogP contribution in [0.2, 0.25) is 0 Å². The molecule has 0 spiro atoms. The van der Waals surface area contributed by atoms with Crippen LogP contribution in [0.4, 0.5) is 0 Å². The number of nitrogens with zero attached hydrogens (tertiary/aromatic N) is 1. The van der Waals surface area contributed by atoms with Gasteiger partial charge >= 0.3 is 0 Å². The maximum atomic E-state index is 7.60. The molecule has 1 N–H and O–H groups in total. The molecule has 0 aromatic carbocycles. The van der Waals surface area contributed by atoms with Crippen LogP contribution in [0.25, 0.3) is 0 Å². The summed E-state index contributed by atoms with van der Waals surface area (Å²) >= 11 is 0. The van der Waals surface area contributed by atoms with E-state index >= 15 is 0 Å². The quantitative estimate of drug-likeness (QED) is 0.495. The molecule has 1 unspecified atom stereocenters.